The van der Waals surface area contributed by atoms with Crippen molar-refractivity contribution in [2.24, 2.45) is 0 Å². The molecule has 2 aromatic rings. The van der Waals surface area contributed by atoms with E-state index < -0.39 is 0 Å². The molecule has 0 aliphatic rings. The first-order valence-corrected chi connectivity index (χ1v) is 6.91. The lowest BCUT2D eigenvalue weighted by Gasteiger charge is -2.12. The molecule has 0 saturated carbocycles. The van der Waals surface area contributed by atoms with Crippen LogP contribution in [0.3, 0.4) is 0 Å². The molecule has 5 nitrogen and oxygen atoms in total. The Labute approximate surface area is 123 Å². The van der Waals surface area contributed by atoms with Crippen molar-refractivity contribution in [1.29, 1.82) is 0 Å². The quantitative estimate of drug-likeness (QED) is 0.762. The van der Waals surface area contributed by atoms with Crippen LogP contribution in [0.2, 0.25) is 5.02 Å². The Hall–Kier alpha value is -2.01. The van der Waals surface area contributed by atoms with E-state index >= 15 is 0 Å². The highest BCUT2D eigenvalue weighted by Gasteiger charge is 2.07. The summed E-state index contributed by atoms with van der Waals surface area (Å²) in [6.07, 6.45) is 2.51. The second-order valence-corrected chi connectivity index (χ2v) is 4.83. The van der Waals surface area contributed by atoms with E-state index in [0.29, 0.717) is 23.9 Å². The third kappa shape index (κ3) is 3.74. The van der Waals surface area contributed by atoms with Crippen molar-refractivity contribution in [3.05, 3.63) is 41.2 Å². The van der Waals surface area contributed by atoms with Crippen molar-refractivity contribution in [3.8, 4) is 0 Å². The molecule has 1 heterocycles. The largest absolute Gasteiger partial charge is 0.393 e. The van der Waals surface area contributed by atoms with Crippen molar-refractivity contribution in [2.45, 2.75) is 19.9 Å². The van der Waals surface area contributed by atoms with E-state index in [-0.39, 0.29) is 0 Å². The molecule has 0 spiro atoms. The van der Waals surface area contributed by atoms with Crippen LogP contribution in [0.15, 0.2) is 30.6 Å². The van der Waals surface area contributed by atoms with Crippen LogP contribution < -0.4 is 16.4 Å². The Morgan fingerprint density at radius 2 is 1.75 bits per heavy atom. The van der Waals surface area contributed by atoms with Gasteiger partial charge in [-0.2, -0.15) is 0 Å². The van der Waals surface area contributed by atoms with Crippen molar-refractivity contribution < 1.29 is 0 Å². The molecule has 0 fully saturated rings. The van der Waals surface area contributed by atoms with Crippen LogP contribution in [-0.4, -0.2) is 16.5 Å². The average Bonchev–Trinajstić information content (AvgIpc) is 2.47. The number of hydrogen-bond acceptors (Lipinski definition) is 5. The number of benzene rings is 1. The fraction of sp³-hybridized carbons (Fsp3) is 0.286. The van der Waals surface area contributed by atoms with Crippen molar-refractivity contribution in [1.82, 2.24) is 9.97 Å². The zero-order valence-electron chi connectivity index (χ0n) is 11.4. The number of nitrogens with zero attached hydrogens (tertiary/aromatic N) is 2. The molecule has 0 saturated heterocycles. The number of nitrogens with one attached hydrogen (secondary N) is 2. The number of nitrogens with two attached hydrogens (primary N) is 1. The summed E-state index contributed by atoms with van der Waals surface area (Å²) in [4.78, 5) is 8.30. The number of rotatable bonds is 6. The summed E-state index contributed by atoms with van der Waals surface area (Å²) in [7, 11) is 0. The van der Waals surface area contributed by atoms with Gasteiger partial charge in [0, 0.05) is 18.1 Å². The molecule has 106 valence electrons. The third-order valence-electron chi connectivity index (χ3n) is 2.80. The van der Waals surface area contributed by atoms with Crippen LogP contribution in [0.5, 0.6) is 0 Å². The lowest BCUT2D eigenvalue weighted by molar-refractivity contribution is 0.964. The summed E-state index contributed by atoms with van der Waals surface area (Å²) < 4.78 is 0. The fourth-order valence-electron chi connectivity index (χ4n) is 1.71. The molecule has 20 heavy (non-hydrogen) atoms. The van der Waals surface area contributed by atoms with E-state index in [9.17, 15) is 0 Å². The third-order valence-corrected chi connectivity index (χ3v) is 3.05. The highest BCUT2D eigenvalue weighted by molar-refractivity contribution is 6.30. The predicted molar refractivity (Wildman–Crippen MR) is 84.0 cm³/mol. The number of anilines is 3. The average molecular weight is 292 g/mol. The molecule has 1 aromatic carbocycles. The van der Waals surface area contributed by atoms with Crippen molar-refractivity contribution in [2.75, 3.05) is 22.9 Å². The molecule has 0 unspecified atom stereocenters. The van der Waals surface area contributed by atoms with E-state index in [2.05, 4.69) is 27.5 Å². The maximum absolute atomic E-state index is 6.04. The zero-order chi connectivity index (χ0) is 14.4. The minimum atomic E-state index is 0.537. The summed E-state index contributed by atoms with van der Waals surface area (Å²) in [5.74, 6) is 1.30. The molecular formula is C14H18ClN5. The van der Waals surface area contributed by atoms with Gasteiger partial charge in [-0.15, -0.1) is 0 Å². The number of nitrogen functional groups attached to an aromatic ring is 1. The number of aromatic nitrogens is 2. The summed E-state index contributed by atoms with van der Waals surface area (Å²) in [5, 5.41) is 7.10. The lowest BCUT2D eigenvalue weighted by Crippen LogP contribution is -2.10. The van der Waals surface area contributed by atoms with Gasteiger partial charge in [-0.05, 0) is 24.1 Å². The maximum atomic E-state index is 6.04. The molecule has 6 heteroatoms. The Bertz CT molecular complexity index is 556. The summed E-state index contributed by atoms with van der Waals surface area (Å²) in [6, 6.07) is 7.64. The van der Waals surface area contributed by atoms with E-state index in [1.807, 2.05) is 24.3 Å². The van der Waals surface area contributed by atoms with Gasteiger partial charge in [0.25, 0.3) is 0 Å². The molecule has 0 radical (unpaired) electrons. The van der Waals surface area contributed by atoms with Crippen molar-refractivity contribution in [3.63, 3.8) is 0 Å². The summed E-state index contributed by atoms with van der Waals surface area (Å²) in [6.45, 7) is 3.55. The summed E-state index contributed by atoms with van der Waals surface area (Å²) in [5.41, 5.74) is 7.69. The monoisotopic (exact) mass is 291 g/mol. The van der Waals surface area contributed by atoms with Gasteiger partial charge in [0.15, 0.2) is 11.6 Å². The Morgan fingerprint density at radius 3 is 2.40 bits per heavy atom. The highest BCUT2D eigenvalue weighted by atomic mass is 35.5. The molecular weight excluding hydrogens is 274 g/mol. The van der Waals surface area contributed by atoms with Gasteiger partial charge in [-0.25, -0.2) is 9.97 Å². The molecule has 0 amide bonds. The van der Waals surface area contributed by atoms with Crippen LogP contribution in [0.4, 0.5) is 17.3 Å². The molecule has 4 N–H and O–H groups in total. The number of halogens is 1. The first-order chi connectivity index (χ1) is 9.70. The van der Waals surface area contributed by atoms with E-state index in [0.717, 1.165) is 23.6 Å². The molecule has 0 atom stereocenters. The van der Waals surface area contributed by atoms with E-state index in [1.54, 1.807) is 0 Å². The second kappa shape index (κ2) is 6.96. The van der Waals surface area contributed by atoms with Crippen LogP contribution in [-0.2, 0) is 6.54 Å². The SMILES string of the molecule is CCCNc1ncnc(NCc2ccc(Cl)cc2)c1N. The number of hydrogen-bond donors (Lipinski definition) is 3. The molecule has 1 aromatic heterocycles. The van der Waals surface area contributed by atoms with Crippen LogP contribution in [0.1, 0.15) is 18.9 Å². The second-order valence-electron chi connectivity index (χ2n) is 4.39. The zero-order valence-corrected chi connectivity index (χ0v) is 12.1. The topological polar surface area (TPSA) is 75.9 Å². The van der Waals surface area contributed by atoms with Gasteiger partial charge in [0.1, 0.15) is 12.0 Å². The lowest BCUT2D eigenvalue weighted by atomic mass is 10.2. The van der Waals surface area contributed by atoms with Gasteiger partial charge >= 0.3 is 0 Å². The molecule has 2 rings (SSSR count). The van der Waals surface area contributed by atoms with Crippen LogP contribution in [0.25, 0.3) is 0 Å². The first kappa shape index (κ1) is 14.4. The smallest absolute Gasteiger partial charge is 0.155 e. The molecule has 0 bridgehead atoms. The van der Waals surface area contributed by atoms with Gasteiger partial charge in [0.05, 0.1) is 0 Å². The van der Waals surface area contributed by atoms with E-state index in [4.69, 9.17) is 17.3 Å². The molecule has 0 aliphatic carbocycles. The van der Waals surface area contributed by atoms with Gasteiger partial charge in [-0.1, -0.05) is 30.7 Å². The minimum Gasteiger partial charge on any atom is -0.393 e. The normalized spacial score (nSPS) is 10.3. The minimum absolute atomic E-state index is 0.537. The van der Waals surface area contributed by atoms with Gasteiger partial charge in [-0.3, -0.25) is 0 Å². The molecule has 0 aliphatic heterocycles. The summed E-state index contributed by atoms with van der Waals surface area (Å²) >= 11 is 5.85. The highest BCUT2D eigenvalue weighted by Crippen LogP contribution is 2.22. The maximum Gasteiger partial charge on any atom is 0.155 e. The van der Waals surface area contributed by atoms with Gasteiger partial charge < -0.3 is 16.4 Å². The Kier molecular flexibility index (Phi) is 5.01. The van der Waals surface area contributed by atoms with Crippen LogP contribution >= 0.6 is 11.6 Å². The first-order valence-electron chi connectivity index (χ1n) is 6.53. The van der Waals surface area contributed by atoms with Crippen LogP contribution in [0, 0.1) is 0 Å². The Balaban J connectivity index is 2.03. The van der Waals surface area contributed by atoms with Gasteiger partial charge in [0.2, 0.25) is 0 Å². The standard InChI is InChI=1S/C14H18ClN5/c1-2-7-17-13-12(16)14(20-9-19-13)18-8-10-3-5-11(15)6-4-10/h3-6,9H,2,7-8,16H2,1H3,(H2,17,18,19,20). The fourth-order valence-corrected chi connectivity index (χ4v) is 1.83. The predicted octanol–water partition coefficient (Wildman–Crippen LogP) is 3.15. The van der Waals surface area contributed by atoms with Crippen molar-refractivity contribution >= 4 is 28.9 Å². The van der Waals surface area contributed by atoms with E-state index in [1.165, 1.54) is 6.33 Å². The Morgan fingerprint density at radius 1 is 1.10 bits per heavy atom.